The number of carbonyl (C=O) groups excluding carboxylic acids is 2. The van der Waals surface area contributed by atoms with Gasteiger partial charge >= 0.3 is 12.3 Å². The number of hydrogen-bond donors (Lipinski definition) is 0. The first-order valence-electron chi connectivity index (χ1n) is 11.3. The molecule has 3 aromatic rings. The first kappa shape index (κ1) is 25.5. The van der Waals surface area contributed by atoms with Gasteiger partial charge in [0.25, 0.3) is 5.91 Å². The number of rotatable bonds is 3. The molecule has 2 amide bonds. The van der Waals surface area contributed by atoms with Gasteiger partial charge in [-0.1, -0.05) is 6.07 Å². The third kappa shape index (κ3) is 5.29. The Hall–Kier alpha value is -3.63. The van der Waals surface area contributed by atoms with Crippen LogP contribution in [0.1, 0.15) is 43.5 Å². The fourth-order valence-electron chi connectivity index (χ4n) is 4.21. The summed E-state index contributed by atoms with van der Waals surface area (Å²) in [5.41, 5.74) is 0.00871. The fraction of sp³-hybridized carbons (Fsp3) is 0.400. The minimum absolute atomic E-state index is 0.00206. The number of benzene rings is 2. The van der Waals surface area contributed by atoms with Crippen molar-refractivity contribution in [2.75, 3.05) is 13.1 Å². The Balaban J connectivity index is 1.70. The molecule has 1 fully saturated rings. The minimum atomic E-state index is -4.72. The number of alkyl halides is 3. The number of carbonyl (C=O) groups is 2. The van der Waals surface area contributed by atoms with E-state index in [0.717, 1.165) is 17.6 Å². The van der Waals surface area contributed by atoms with Crippen LogP contribution in [0.25, 0.3) is 11.0 Å². The van der Waals surface area contributed by atoms with Crippen molar-refractivity contribution in [1.29, 1.82) is 0 Å². The van der Waals surface area contributed by atoms with Gasteiger partial charge in [-0.15, -0.1) is 0 Å². The standard InChI is InChI=1S/C25H26F4N4O3/c1-24(2,3)36-23(35)33-8-7-32(13-15-9-17(25(27,28)29)12-18(26)10-15)22(34)21(33)16-5-6-19-20(11-16)31(4)14-30-19/h5-6,9-12,14,21H,7-8,13H2,1-4H3. The lowest BCUT2D eigenvalue weighted by molar-refractivity contribution is -0.142. The average Bonchev–Trinajstić information content (AvgIpc) is 3.13. The highest BCUT2D eigenvalue weighted by molar-refractivity contribution is 5.89. The van der Waals surface area contributed by atoms with Crippen LogP contribution >= 0.6 is 0 Å². The number of hydrogen-bond acceptors (Lipinski definition) is 4. The Kier molecular flexibility index (Phi) is 6.44. The number of imidazole rings is 1. The van der Waals surface area contributed by atoms with Gasteiger partial charge in [-0.05, 0) is 62.2 Å². The maximum Gasteiger partial charge on any atom is 0.416 e. The second-order valence-corrected chi connectivity index (χ2v) is 9.79. The summed E-state index contributed by atoms with van der Waals surface area (Å²) in [6.45, 7) is 5.01. The molecular formula is C25H26F4N4O3. The number of amides is 2. The molecule has 1 unspecified atom stereocenters. The lowest BCUT2D eigenvalue weighted by Crippen LogP contribution is -2.54. The highest BCUT2D eigenvalue weighted by Crippen LogP contribution is 2.33. The molecule has 0 aliphatic carbocycles. The number of piperazine rings is 1. The summed E-state index contributed by atoms with van der Waals surface area (Å²) < 4.78 is 60.8. The largest absolute Gasteiger partial charge is 0.444 e. The molecule has 192 valence electrons. The molecule has 1 saturated heterocycles. The molecule has 1 aliphatic heterocycles. The van der Waals surface area contributed by atoms with Crippen molar-refractivity contribution in [2.45, 2.75) is 45.1 Å². The number of halogens is 4. The fourth-order valence-corrected chi connectivity index (χ4v) is 4.21. The van der Waals surface area contributed by atoms with E-state index in [9.17, 15) is 27.2 Å². The normalized spacial score (nSPS) is 17.1. The Morgan fingerprint density at radius 2 is 1.83 bits per heavy atom. The molecule has 2 aromatic carbocycles. The number of nitrogens with zero attached hydrogens (tertiary/aromatic N) is 4. The van der Waals surface area contributed by atoms with Crippen molar-refractivity contribution in [1.82, 2.24) is 19.4 Å². The van der Waals surface area contributed by atoms with E-state index in [1.165, 1.54) is 9.80 Å². The Bertz CT molecular complexity index is 1310. The van der Waals surface area contributed by atoms with Crippen LogP contribution in [0.15, 0.2) is 42.7 Å². The van der Waals surface area contributed by atoms with E-state index in [0.29, 0.717) is 17.1 Å². The van der Waals surface area contributed by atoms with Crippen LogP contribution in [-0.2, 0) is 29.3 Å². The van der Waals surface area contributed by atoms with Crippen LogP contribution in [0, 0.1) is 5.82 Å². The minimum Gasteiger partial charge on any atom is -0.444 e. The number of aryl methyl sites for hydroxylation is 1. The maximum absolute atomic E-state index is 14.0. The third-order valence-electron chi connectivity index (χ3n) is 5.82. The third-order valence-corrected chi connectivity index (χ3v) is 5.82. The van der Waals surface area contributed by atoms with Crippen molar-refractivity contribution in [3.63, 3.8) is 0 Å². The van der Waals surface area contributed by atoms with Crippen LogP contribution in [0.3, 0.4) is 0 Å². The number of aromatic nitrogens is 2. The van der Waals surface area contributed by atoms with E-state index < -0.39 is 41.2 Å². The van der Waals surface area contributed by atoms with Crippen LogP contribution in [0.4, 0.5) is 22.4 Å². The zero-order chi connectivity index (χ0) is 26.4. The molecule has 36 heavy (non-hydrogen) atoms. The Labute approximate surface area is 205 Å². The van der Waals surface area contributed by atoms with Gasteiger partial charge in [-0.3, -0.25) is 9.69 Å². The van der Waals surface area contributed by atoms with Gasteiger partial charge in [-0.25, -0.2) is 14.2 Å². The monoisotopic (exact) mass is 506 g/mol. The SMILES string of the molecule is Cn1cnc2ccc(C3C(=O)N(Cc4cc(F)cc(C(F)(F)F)c4)CCN3C(=O)OC(C)(C)C)cc21. The zero-order valence-electron chi connectivity index (χ0n) is 20.3. The molecular weight excluding hydrogens is 480 g/mol. The summed E-state index contributed by atoms with van der Waals surface area (Å²) in [7, 11) is 1.79. The Morgan fingerprint density at radius 3 is 2.50 bits per heavy atom. The van der Waals surface area contributed by atoms with Crippen molar-refractivity contribution in [3.05, 3.63) is 65.2 Å². The van der Waals surface area contributed by atoms with Gasteiger partial charge in [0.15, 0.2) is 0 Å². The summed E-state index contributed by atoms with van der Waals surface area (Å²) in [5, 5.41) is 0. The van der Waals surface area contributed by atoms with E-state index in [1.54, 1.807) is 56.9 Å². The molecule has 0 bridgehead atoms. The maximum atomic E-state index is 14.0. The summed E-state index contributed by atoms with van der Waals surface area (Å²) in [4.78, 5) is 33.6. The molecule has 1 aliphatic rings. The lowest BCUT2D eigenvalue weighted by Gasteiger charge is -2.41. The van der Waals surface area contributed by atoms with Crippen molar-refractivity contribution >= 4 is 23.0 Å². The van der Waals surface area contributed by atoms with Crippen molar-refractivity contribution in [3.8, 4) is 0 Å². The summed E-state index contributed by atoms with van der Waals surface area (Å²) in [6.07, 6.45) is -3.79. The quantitative estimate of drug-likeness (QED) is 0.467. The van der Waals surface area contributed by atoms with Crippen LogP contribution < -0.4 is 0 Å². The first-order valence-corrected chi connectivity index (χ1v) is 11.3. The predicted octanol–water partition coefficient (Wildman–Crippen LogP) is 5.05. The van der Waals surface area contributed by atoms with E-state index in [1.807, 2.05) is 0 Å². The highest BCUT2D eigenvalue weighted by atomic mass is 19.4. The molecule has 0 saturated carbocycles. The van der Waals surface area contributed by atoms with Crippen LogP contribution in [0.2, 0.25) is 0 Å². The van der Waals surface area contributed by atoms with Crippen molar-refractivity contribution in [2.24, 2.45) is 7.05 Å². The molecule has 2 heterocycles. The summed E-state index contributed by atoms with van der Waals surface area (Å²) in [5.74, 6) is -1.55. The smallest absolute Gasteiger partial charge is 0.416 e. The molecule has 4 rings (SSSR count). The molecule has 7 nitrogen and oxygen atoms in total. The summed E-state index contributed by atoms with van der Waals surface area (Å²) in [6, 6.07) is 6.29. The topological polar surface area (TPSA) is 67.7 Å². The predicted molar refractivity (Wildman–Crippen MR) is 123 cm³/mol. The molecule has 1 atom stereocenters. The molecule has 0 N–H and O–H groups in total. The van der Waals surface area contributed by atoms with E-state index in [4.69, 9.17) is 4.74 Å². The zero-order valence-corrected chi connectivity index (χ0v) is 20.3. The number of fused-ring (bicyclic) bond motifs is 1. The van der Waals surface area contributed by atoms with E-state index in [2.05, 4.69) is 4.98 Å². The van der Waals surface area contributed by atoms with Gasteiger partial charge in [-0.2, -0.15) is 13.2 Å². The first-order chi connectivity index (χ1) is 16.7. The van der Waals surface area contributed by atoms with Gasteiger partial charge < -0.3 is 14.2 Å². The lowest BCUT2D eigenvalue weighted by atomic mass is 10.00. The molecule has 0 spiro atoms. The van der Waals surface area contributed by atoms with Crippen LogP contribution in [-0.4, -0.2) is 50.0 Å². The average molecular weight is 507 g/mol. The molecule has 0 radical (unpaired) electrons. The van der Waals surface area contributed by atoms with Gasteiger partial charge in [0.1, 0.15) is 17.5 Å². The highest BCUT2D eigenvalue weighted by Gasteiger charge is 2.41. The molecule has 11 heteroatoms. The van der Waals surface area contributed by atoms with E-state index in [-0.39, 0.29) is 25.2 Å². The second-order valence-electron chi connectivity index (χ2n) is 9.79. The summed E-state index contributed by atoms with van der Waals surface area (Å²) >= 11 is 0. The molecule has 1 aromatic heterocycles. The Morgan fingerprint density at radius 1 is 1.11 bits per heavy atom. The van der Waals surface area contributed by atoms with Gasteiger partial charge in [0.2, 0.25) is 0 Å². The van der Waals surface area contributed by atoms with Gasteiger partial charge in [0, 0.05) is 26.7 Å². The van der Waals surface area contributed by atoms with Crippen molar-refractivity contribution < 1.29 is 31.9 Å². The second kappa shape index (κ2) is 9.11. The van der Waals surface area contributed by atoms with Crippen LogP contribution in [0.5, 0.6) is 0 Å². The number of ether oxygens (including phenoxy) is 1. The van der Waals surface area contributed by atoms with E-state index >= 15 is 0 Å². The van der Waals surface area contributed by atoms with Gasteiger partial charge in [0.05, 0.1) is 22.9 Å².